The van der Waals surface area contributed by atoms with Crippen molar-refractivity contribution in [2.45, 2.75) is 20.8 Å². The van der Waals surface area contributed by atoms with Crippen LogP contribution in [0.4, 0.5) is 0 Å². The fraction of sp³-hybridized carbons (Fsp3) is 0.636. The van der Waals surface area contributed by atoms with Crippen molar-refractivity contribution >= 4 is 35.8 Å². The van der Waals surface area contributed by atoms with Crippen LogP contribution in [-0.4, -0.2) is 31.5 Å². The summed E-state index contributed by atoms with van der Waals surface area (Å²) in [7, 11) is 0. The average Bonchev–Trinajstić information content (AvgIpc) is 2.20. The molecule has 0 atom stereocenters. The van der Waals surface area contributed by atoms with Gasteiger partial charge in [0.05, 0.1) is 6.54 Å². The van der Waals surface area contributed by atoms with Gasteiger partial charge in [-0.25, -0.2) is 4.99 Å². The summed E-state index contributed by atoms with van der Waals surface area (Å²) >= 11 is 0. The molecule has 0 bridgehead atoms. The van der Waals surface area contributed by atoms with E-state index in [1.54, 1.807) is 0 Å². The van der Waals surface area contributed by atoms with Gasteiger partial charge in [-0.05, 0) is 6.92 Å². The van der Waals surface area contributed by atoms with Crippen LogP contribution in [0.15, 0.2) is 17.1 Å². The molecule has 6 heteroatoms. The average molecular weight is 354 g/mol. The van der Waals surface area contributed by atoms with Gasteiger partial charge in [0.25, 0.3) is 0 Å². The molecule has 0 aliphatic heterocycles. The van der Waals surface area contributed by atoms with Crippen molar-refractivity contribution in [2.75, 3.05) is 19.6 Å². The molecule has 0 heterocycles. The monoisotopic (exact) mass is 354 g/mol. The first-order valence-electron chi connectivity index (χ1n) is 5.39. The van der Waals surface area contributed by atoms with Gasteiger partial charge in [0.1, 0.15) is 0 Å². The Morgan fingerprint density at radius 2 is 1.88 bits per heavy atom. The Morgan fingerprint density at radius 3 is 2.35 bits per heavy atom. The molecular formula is C11H23IN4O. The number of guanidine groups is 1. The Hall–Kier alpha value is -0.790. The van der Waals surface area contributed by atoms with Gasteiger partial charge >= 0.3 is 0 Å². The maximum Gasteiger partial charge on any atom is 0.222 e. The largest absolute Gasteiger partial charge is 0.370 e. The highest BCUT2D eigenvalue weighted by atomic mass is 127. The van der Waals surface area contributed by atoms with Crippen LogP contribution in [0.2, 0.25) is 0 Å². The summed E-state index contributed by atoms with van der Waals surface area (Å²) in [4.78, 5) is 15.2. The number of halogens is 1. The lowest BCUT2D eigenvalue weighted by atomic mass is 10.2. The van der Waals surface area contributed by atoms with E-state index in [4.69, 9.17) is 5.73 Å². The predicted molar refractivity (Wildman–Crippen MR) is 82.6 cm³/mol. The van der Waals surface area contributed by atoms with Crippen LogP contribution in [0, 0.1) is 5.92 Å². The SMILES string of the molecule is C=C(C)CN=C(N)NCCNC(=O)C(C)C.I. The van der Waals surface area contributed by atoms with Crippen LogP contribution in [0.3, 0.4) is 0 Å². The fourth-order valence-corrected chi connectivity index (χ4v) is 0.856. The number of carbonyl (C=O) groups is 1. The van der Waals surface area contributed by atoms with Crippen LogP contribution in [0.25, 0.3) is 0 Å². The molecule has 0 saturated heterocycles. The number of hydrogen-bond acceptors (Lipinski definition) is 2. The lowest BCUT2D eigenvalue weighted by molar-refractivity contribution is -0.123. The molecule has 0 rings (SSSR count). The highest BCUT2D eigenvalue weighted by Crippen LogP contribution is 1.89. The topological polar surface area (TPSA) is 79.5 Å². The van der Waals surface area contributed by atoms with Gasteiger partial charge in [0, 0.05) is 19.0 Å². The minimum atomic E-state index is 0. The van der Waals surface area contributed by atoms with E-state index in [9.17, 15) is 4.79 Å². The van der Waals surface area contributed by atoms with Crippen LogP contribution in [-0.2, 0) is 4.79 Å². The first-order chi connectivity index (χ1) is 7.43. The van der Waals surface area contributed by atoms with Crippen molar-refractivity contribution < 1.29 is 4.79 Å². The van der Waals surface area contributed by atoms with Crippen LogP contribution in [0.1, 0.15) is 20.8 Å². The van der Waals surface area contributed by atoms with E-state index in [0.717, 1.165) is 5.57 Å². The van der Waals surface area contributed by atoms with Crippen molar-refractivity contribution in [1.82, 2.24) is 10.6 Å². The highest BCUT2D eigenvalue weighted by Gasteiger charge is 2.04. The predicted octanol–water partition coefficient (Wildman–Crippen LogP) is 0.857. The zero-order chi connectivity index (χ0) is 12.6. The quantitative estimate of drug-likeness (QED) is 0.218. The fourth-order valence-electron chi connectivity index (χ4n) is 0.856. The minimum Gasteiger partial charge on any atom is -0.370 e. The molecule has 4 N–H and O–H groups in total. The van der Waals surface area contributed by atoms with Crippen molar-refractivity contribution in [3.05, 3.63) is 12.2 Å². The molecule has 17 heavy (non-hydrogen) atoms. The Bertz CT molecular complexity index is 277. The second-order valence-corrected chi connectivity index (χ2v) is 4.03. The van der Waals surface area contributed by atoms with E-state index >= 15 is 0 Å². The molecule has 1 amide bonds. The lowest BCUT2D eigenvalue weighted by Crippen LogP contribution is -2.39. The minimum absolute atomic E-state index is 0. The zero-order valence-corrected chi connectivity index (χ0v) is 13.1. The third-order valence-corrected chi connectivity index (χ3v) is 1.77. The Balaban J connectivity index is 0. The van der Waals surface area contributed by atoms with Crippen LogP contribution >= 0.6 is 24.0 Å². The van der Waals surface area contributed by atoms with Crippen molar-refractivity contribution in [1.29, 1.82) is 0 Å². The van der Waals surface area contributed by atoms with Gasteiger partial charge in [-0.1, -0.05) is 26.0 Å². The summed E-state index contributed by atoms with van der Waals surface area (Å²) in [5.74, 6) is 0.426. The van der Waals surface area contributed by atoms with E-state index in [0.29, 0.717) is 25.6 Å². The molecule has 5 nitrogen and oxygen atoms in total. The molecule has 0 fully saturated rings. The first-order valence-corrected chi connectivity index (χ1v) is 5.39. The Kier molecular flexibility index (Phi) is 11.3. The second-order valence-electron chi connectivity index (χ2n) is 4.03. The molecular weight excluding hydrogens is 331 g/mol. The van der Waals surface area contributed by atoms with Gasteiger partial charge < -0.3 is 16.4 Å². The van der Waals surface area contributed by atoms with E-state index in [-0.39, 0.29) is 35.8 Å². The molecule has 0 spiro atoms. The number of aliphatic imine (C=N–C) groups is 1. The zero-order valence-electron chi connectivity index (χ0n) is 10.7. The number of nitrogens with two attached hydrogens (primary N) is 1. The van der Waals surface area contributed by atoms with Crippen molar-refractivity contribution in [3.8, 4) is 0 Å². The number of carbonyl (C=O) groups excluding carboxylic acids is 1. The highest BCUT2D eigenvalue weighted by molar-refractivity contribution is 14.0. The van der Waals surface area contributed by atoms with E-state index in [2.05, 4.69) is 22.2 Å². The molecule has 0 radical (unpaired) electrons. The number of nitrogens with one attached hydrogen (secondary N) is 2. The third-order valence-electron chi connectivity index (χ3n) is 1.77. The molecule has 0 aromatic carbocycles. The van der Waals surface area contributed by atoms with Gasteiger partial charge in [-0.15, -0.1) is 24.0 Å². The van der Waals surface area contributed by atoms with Crippen LogP contribution in [0.5, 0.6) is 0 Å². The summed E-state index contributed by atoms with van der Waals surface area (Å²) in [6.45, 7) is 11.0. The molecule has 0 aliphatic carbocycles. The molecule has 0 aromatic rings. The number of amides is 1. The summed E-state index contributed by atoms with van der Waals surface area (Å²) in [6, 6.07) is 0. The van der Waals surface area contributed by atoms with E-state index in [1.165, 1.54) is 0 Å². The third kappa shape index (κ3) is 11.5. The molecule has 0 aromatic heterocycles. The van der Waals surface area contributed by atoms with Crippen molar-refractivity contribution in [3.63, 3.8) is 0 Å². The Labute approximate surface area is 120 Å². The maximum atomic E-state index is 11.2. The lowest BCUT2D eigenvalue weighted by Gasteiger charge is -2.08. The van der Waals surface area contributed by atoms with Gasteiger partial charge in [-0.2, -0.15) is 0 Å². The Morgan fingerprint density at radius 1 is 1.35 bits per heavy atom. The van der Waals surface area contributed by atoms with E-state index < -0.39 is 0 Å². The first kappa shape index (κ1) is 18.6. The number of nitrogens with zero attached hydrogens (tertiary/aromatic N) is 1. The summed E-state index contributed by atoms with van der Waals surface area (Å²) in [5, 5.41) is 5.68. The summed E-state index contributed by atoms with van der Waals surface area (Å²) in [5.41, 5.74) is 6.54. The smallest absolute Gasteiger partial charge is 0.222 e. The normalized spacial score (nSPS) is 10.7. The number of rotatable bonds is 6. The van der Waals surface area contributed by atoms with Gasteiger partial charge in [0.2, 0.25) is 5.91 Å². The molecule has 0 saturated carbocycles. The van der Waals surface area contributed by atoms with Crippen LogP contribution < -0.4 is 16.4 Å². The van der Waals surface area contributed by atoms with Gasteiger partial charge in [-0.3, -0.25) is 4.79 Å². The van der Waals surface area contributed by atoms with Crippen molar-refractivity contribution in [2.24, 2.45) is 16.6 Å². The van der Waals surface area contributed by atoms with Gasteiger partial charge in [0.15, 0.2) is 5.96 Å². The second kappa shape index (κ2) is 10.4. The molecule has 100 valence electrons. The standard InChI is InChI=1S/C11H22N4O.HI/c1-8(2)7-15-11(12)14-6-5-13-10(16)9(3)4;/h9H,1,5-7H2,2-4H3,(H,13,16)(H3,12,14,15);1H. The van der Waals surface area contributed by atoms with E-state index in [1.807, 2.05) is 20.8 Å². The molecule has 0 aliphatic rings. The number of hydrogen-bond donors (Lipinski definition) is 3. The maximum absolute atomic E-state index is 11.2. The summed E-state index contributed by atoms with van der Waals surface area (Å²) < 4.78 is 0. The molecule has 0 unspecified atom stereocenters. The summed E-state index contributed by atoms with van der Waals surface area (Å²) in [6.07, 6.45) is 0.